The van der Waals surface area contributed by atoms with Crippen LogP contribution in [0.15, 0.2) is 59.7 Å². The number of fused-ring (bicyclic) bond motifs is 2. The molecule has 0 aliphatic carbocycles. The quantitative estimate of drug-likeness (QED) is 0.124. The number of thiophene rings is 1. The Morgan fingerprint density at radius 1 is 1.00 bits per heavy atom. The summed E-state index contributed by atoms with van der Waals surface area (Å²) < 4.78 is 31.2. The van der Waals surface area contributed by atoms with Gasteiger partial charge in [0.15, 0.2) is 11.5 Å². The van der Waals surface area contributed by atoms with E-state index in [1.54, 1.807) is 24.3 Å². The maximum atomic E-state index is 13.8. The van der Waals surface area contributed by atoms with Gasteiger partial charge in [0.25, 0.3) is 11.6 Å². The molecule has 0 unspecified atom stereocenters. The number of halogens is 1. The van der Waals surface area contributed by atoms with Crippen LogP contribution < -0.4 is 19.2 Å². The molecule has 0 aliphatic heterocycles. The first-order valence-corrected chi connectivity index (χ1v) is 12.9. The molecule has 0 radical (unpaired) electrons. The summed E-state index contributed by atoms with van der Waals surface area (Å²) in [5.74, 6) is 0.262. The van der Waals surface area contributed by atoms with Crippen LogP contribution in [0.2, 0.25) is 0 Å². The first-order valence-electron chi connectivity index (χ1n) is 11.2. The van der Waals surface area contributed by atoms with Crippen molar-refractivity contribution in [2.45, 2.75) is 0 Å². The SMILES string of the molecule is COc1cc(/C=N/N(C(=O)c2cc3cc([N+](=O)[O-])ccc3s2)c2nc3ccc(F)cc3s2)cc(OC)c1OC. The molecule has 0 saturated heterocycles. The highest BCUT2D eigenvalue weighted by atomic mass is 32.1. The largest absolute Gasteiger partial charge is 0.493 e. The normalized spacial score (nSPS) is 11.3. The van der Waals surface area contributed by atoms with Gasteiger partial charge in [-0.2, -0.15) is 10.1 Å². The first-order chi connectivity index (χ1) is 18.8. The van der Waals surface area contributed by atoms with Crippen molar-refractivity contribution in [2.75, 3.05) is 26.3 Å². The second kappa shape index (κ2) is 10.6. The topological polar surface area (TPSA) is 116 Å². The molecule has 0 aliphatic rings. The van der Waals surface area contributed by atoms with Gasteiger partial charge in [-0.05, 0) is 42.5 Å². The van der Waals surface area contributed by atoms with Crippen LogP contribution in [-0.4, -0.2) is 43.4 Å². The van der Waals surface area contributed by atoms with Gasteiger partial charge < -0.3 is 14.2 Å². The molecule has 0 N–H and O–H groups in total. The second-order valence-electron chi connectivity index (χ2n) is 8.02. The van der Waals surface area contributed by atoms with Crippen LogP contribution in [0.4, 0.5) is 15.2 Å². The maximum Gasteiger partial charge on any atom is 0.290 e. The fraction of sp³-hybridized carbons (Fsp3) is 0.115. The Labute approximate surface area is 228 Å². The molecule has 3 aromatic carbocycles. The lowest BCUT2D eigenvalue weighted by molar-refractivity contribution is -0.384. The standard InChI is InChI=1S/C26H19FN4O6S2/c1-35-19-8-14(9-20(36-2)24(19)37-3)13-28-30(26-29-18-6-4-16(27)12-22(18)39-26)25(32)23-11-15-10-17(31(33)34)5-7-21(15)38-23/h4-13H,1-3H3/b28-13+. The molecule has 0 atom stereocenters. The van der Waals surface area contributed by atoms with Crippen molar-refractivity contribution in [3.63, 3.8) is 0 Å². The number of rotatable bonds is 8. The molecule has 198 valence electrons. The highest BCUT2D eigenvalue weighted by Crippen LogP contribution is 2.38. The summed E-state index contributed by atoms with van der Waals surface area (Å²) in [5.41, 5.74) is 0.968. The van der Waals surface area contributed by atoms with Crippen LogP contribution in [0.25, 0.3) is 20.3 Å². The van der Waals surface area contributed by atoms with E-state index < -0.39 is 16.6 Å². The number of amides is 1. The number of non-ortho nitro benzene ring substituents is 1. The number of anilines is 1. The van der Waals surface area contributed by atoms with Gasteiger partial charge in [-0.15, -0.1) is 11.3 Å². The Balaban J connectivity index is 1.59. The number of carbonyl (C=O) groups excluding carboxylic acids is 1. The van der Waals surface area contributed by atoms with E-state index in [1.807, 2.05) is 0 Å². The van der Waals surface area contributed by atoms with E-state index in [1.165, 1.54) is 69.2 Å². The van der Waals surface area contributed by atoms with Gasteiger partial charge in [-0.3, -0.25) is 14.9 Å². The summed E-state index contributed by atoms with van der Waals surface area (Å²) in [7, 11) is 4.46. The van der Waals surface area contributed by atoms with Gasteiger partial charge in [0.2, 0.25) is 10.9 Å². The Bertz CT molecular complexity index is 1740. The highest BCUT2D eigenvalue weighted by Gasteiger charge is 2.24. The molecule has 10 nitrogen and oxygen atoms in total. The molecule has 0 fully saturated rings. The number of hydrogen-bond donors (Lipinski definition) is 0. The predicted octanol–water partition coefficient (Wildman–Crippen LogP) is 6.27. The number of methoxy groups -OCH3 is 3. The molecule has 5 rings (SSSR count). The minimum atomic E-state index is -0.512. The van der Waals surface area contributed by atoms with E-state index in [-0.39, 0.29) is 15.7 Å². The van der Waals surface area contributed by atoms with Gasteiger partial charge in [-0.1, -0.05) is 11.3 Å². The first kappa shape index (κ1) is 26.0. The Morgan fingerprint density at radius 2 is 1.74 bits per heavy atom. The average Bonchev–Trinajstić information content (AvgIpc) is 3.55. The summed E-state index contributed by atoms with van der Waals surface area (Å²) in [4.78, 5) is 29.2. The fourth-order valence-electron chi connectivity index (χ4n) is 3.82. The summed E-state index contributed by atoms with van der Waals surface area (Å²) in [6.07, 6.45) is 1.44. The number of nitro groups is 1. The lowest BCUT2D eigenvalue weighted by Crippen LogP contribution is -2.24. The van der Waals surface area contributed by atoms with Crippen LogP contribution in [-0.2, 0) is 0 Å². The number of hydrogen-bond acceptors (Lipinski definition) is 10. The van der Waals surface area contributed by atoms with Crippen molar-refractivity contribution in [1.29, 1.82) is 0 Å². The number of hydrazone groups is 1. The fourth-order valence-corrected chi connectivity index (χ4v) is 5.74. The van der Waals surface area contributed by atoms with Gasteiger partial charge in [0.05, 0.1) is 47.6 Å². The van der Waals surface area contributed by atoms with Crippen LogP contribution in [0, 0.1) is 15.9 Å². The molecule has 13 heteroatoms. The number of nitro benzene ring substituents is 1. The summed E-state index contributed by atoms with van der Waals surface area (Å²) in [6.45, 7) is 0. The van der Waals surface area contributed by atoms with Crippen molar-refractivity contribution in [3.05, 3.63) is 81.0 Å². The molecule has 0 saturated carbocycles. The molecule has 0 spiro atoms. The molecular weight excluding hydrogens is 547 g/mol. The molecular formula is C26H19FN4O6S2. The molecule has 2 heterocycles. The van der Waals surface area contributed by atoms with E-state index in [9.17, 15) is 19.3 Å². The van der Waals surface area contributed by atoms with Crippen molar-refractivity contribution >= 4 is 65.9 Å². The molecule has 39 heavy (non-hydrogen) atoms. The zero-order chi connectivity index (χ0) is 27.7. The minimum Gasteiger partial charge on any atom is -0.493 e. The molecule has 5 aromatic rings. The smallest absolute Gasteiger partial charge is 0.290 e. The van der Waals surface area contributed by atoms with E-state index in [0.717, 1.165) is 16.3 Å². The van der Waals surface area contributed by atoms with Gasteiger partial charge >= 0.3 is 0 Å². The Morgan fingerprint density at radius 3 is 2.41 bits per heavy atom. The number of carbonyl (C=O) groups is 1. The third-order valence-corrected chi connectivity index (χ3v) is 7.74. The van der Waals surface area contributed by atoms with Gasteiger partial charge in [0, 0.05) is 27.8 Å². The van der Waals surface area contributed by atoms with Crippen molar-refractivity contribution in [2.24, 2.45) is 5.10 Å². The number of benzene rings is 3. The molecule has 0 bridgehead atoms. The predicted molar refractivity (Wildman–Crippen MR) is 149 cm³/mol. The van der Waals surface area contributed by atoms with E-state index in [4.69, 9.17) is 14.2 Å². The third-order valence-electron chi connectivity index (χ3n) is 5.64. The Hall–Kier alpha value is -4.62. The monoisotopic (exact) mass is 566 g/mol. The summed E-state index contributed by atoms with van der Waals surface area (Å²) >= 11 is 2.27. The Kier molecular flexibility index (Phi) is 7.09. The number of aromatic nitrogens is 1. The van der Waals surface area contributed by atoms with Crippen LogP contribution >= 0.6 is 22.7 Å². The minimum absolute atomic E-state index is 0.0789. The lowest BCUT2D eigenvalue weighted by atomic mass is 10.2. The average molecular weight is 567 g/mol. The zero-order valence-electron chi connectivity index (χ0n) is 20.7. The molecule has 1 amide bonds. The maximum absolute atomic E-state index is 13.8. The molecule has 2 aromatic heterocycles. The van der Waals surface area contributed by atoms with Gasteiger partial charge in [-0.25, -0.2) is 9.37 Å². The highest BCUT2D eigenvalue weighted by molar-refractivity contribution is 7.23. The summed E-state index contributed by atoms with van der Waals surface area (Å²) in [5, 5.41) is 17.5. The third kappa shape index (κ3) is 5.09. The summed E-state index contributed by atoms with van der Waals surface area (Å²) in [6, 6.07) is 13.4. The number of nitrogens with zero attached hydrogens (tertiary/aromatic N) is 4. The number of thiazole rings is 1. The number of ether oxygens (including phenoxy) is 3. The van der Waals surface area contributed by atoms with Crippen molar-refractivity contribution in [1.82, 2.24) is 4.98 Å². The van der Waals surface area contributed by atoms with Crippen LogP contribution in [0.3, 0.4) is 0 Å². The van der Waals surface area contributed by atoms with Crippen molar-refractivity contribution in [3.8, 4) is 17.2 Å². The van der Waals surface area contributed by atoms with Gasteiger partial charge in [0.1, 0.15) is 5.82 Å². The zero-order valence-corrected chi connectivity index (χ0v) is 22.3. The van der Waals surface area contributed by atoms with Crippen LogP contribution in [0.1, 0.15) is 15.2 Å². The van der Waals surface area contributed by atoms with E-state index in [2.05, 4.69) is 10.1 Å². The van der Waals surface area contributed by atoms with Crippen LogP contribution in [0.5, 0.6) is 17.2 Å². The van der Waals surface area contributed by atoms with Crippen molar-refractivity contribution < 1.29 is 28.3 Å². The lowest BCUT2D eigenvalue weighted by Gasteiger charge is -2.14. The van der Waals surface area contributed by atoms with E-state index >= 15 is 0 Å². The second-order valence-corrected chi connectivity index (χ2v) is 10.1. The van der Waals surface area contributed by atoms with E-state index in [0.29, 0.717) is 43.1 Å².